The smallest absolute Gasteiger partial charge is 0.237 e. The van der Waals surface area contributed by atoms with Crippen molar-refractivity contribution in [3.8, 4) is 0 Å². The summed E-state index contributed by atoms with van der Waals surface area (Å²) in [6.45, 7) is 6.96. The van der Waals surface area contributed by atoms with E-state index in [9.17, 15) is 4.79 Å². The van der Waals surface area contributed by atoms with Crippen molar-refractivity contribution in [3.05, 3.63) is 0 Å². The molecule has 0 aliphatic heterocycles. The molecule has 0 radical (unpaired) electrons. The van der Waals surface area contributed by atoms with E-state index in [2.05, 4.69) is 19.2 Å². The molecule has 0 fully saturated rings. The Bertz CT molecular complexity index is 169. The molecule has 1 N–H and O–H groups in total. The van der Waals surface area contributed by atoms with Crippen LogP contribution in [-0.4, -0.2) is 17.8 Å². The first-order chi connectivity index (χ1) is 7.04. The highest BCUT2D eigenvalue weighted by Gasteiger charge is 2.06. The van der Waals surface area contributed by atoms with E-state index >= 15 is 0 Å². The molecule has 0 saturated heterocycles. The number of amides is 1. The van der Waals surface area contributed by atoms with Gasteiger partial charge in [0.25, 0.3) is 0 Å². The lowest BCUT2D eigenvalue weighted by Crippen LogP contribution is -2.30. The Morgan fingerprint density at radius 2 is 1.73 bits per heavy atom. The number of carbonyl (C=O) groups is 1. The van der Waals surface area contributed by atoms with Crippen LogP contribution in [0.25, 0.3) is 0 Å². The number of rotatable bonds is 8. The second kappa shape index (κ2) is 9.02. The lowest BCUT2D eigenvalue weighted by Gasteiger charge is -2.06. The summed E-state index contributed by atoms with van der Waals surface area (Å²) < 4.78 is 0. The zero-order chi connectivity index (χ0) is 11.7. The monoisotopic (exact) mass is 233 g/mol. The van der Waals surface area contributed by atoms with Crippen molar-refractivity contribution in [2.24, 2.45) is 5.92 Å². The van der Waals surface area contributed by atoms with Crippen LogP contribution in [0.3, 0.4) is 0 Å². The molecule has 0 aromatic rings. The van der Waals surface area contributed by atoms with Crippen molar-refractivity contribution >= 4 is 17.5 Å². The van der Waals surface area contributed by atoms with Crippen molar-refractivity contribution in [1.29, 1.82) is 0 Å². The van der Waals surface area contributed by atoms with Crippen LogP contribution in [0.4, 0.5) is 0 Å². The first-order valence-corrected chi connectivity index (χ1v) is 6.39. The first-order valence-electron chi connectivity index (χ1n) is 5.95. The molecule has 0 heterocycles. The molecule has 1 amide bonds. The third-order valence-corrected chi connectivity index (χ3v) is 2.57. The minimum atomic E-state index is -0.411. The van der Waals surface area contributed by atoms with Gasteiger partial charge >= 0.3 is 0 Å². The van der Waals surface area contributed by atoms with Crippen LogP contribution in [0, 0.1) is 5.92 Å². The third-order valence-electron chi connectivity index (χ3n) is 2.37. The molecule has 0 aliphatic carbocycles. The maximum atomic E-state index is 11.1. The van der Waals surface area contributed by atoms with Gasteiger partial charge in [-0.05, 0) is 19.3 Å². The molecule has 2 nitrogen and oxygen atoms in total. The van der Waals surface area contributed by atoms with Gasteiger partial charge in [-0.15, -0.1) is 11.6 Å². The van der Waals surface area contributed by atoms with E-state index in [-0.39, 0.29) is 5.91 Å². The van der Waals surface area contributed by atoms with Gasteiger partial charge < -0.3 is 5.32 Å². The average Bonchev–Trinajstić information content (AvgIpc) is 2.15. The van der Waals surface area contributed by atoms with E-state index in [1.165, 1.54) is 25.7 Å². The van der Waals surface area contributed by atoms with Crippen LogP contribution in [0.2, 0.25) is 0 Å². The predicted molar refractivity (Wildman–Crippen MR) is 66.2 cm³/mol. The fourth-order valence-corrected chi connectivity index (χ4v) is 1.46. The second-order valence-corrected chi connectivity index (χ2v) is 5.16. The molecule has 15 heavy (non-hydrogen) atoms. The lowest BCUT2D eigenvalue weighted by molar-refractivity contribution is -0.120. The molecule has 0 saturated carbocycles. The van der Waals surface area contributed by atoms with Crippen LogP contribution in [0.15, 0.2) is 0 Å². The maximum absolute atomic E-state index is 11.1. The number of hydrogen-bond donors (Lipinski definition) is 1. The Hall–Kier alpha value is -0.240. The molecule has 3 heteroatoms. The van der Waals surface area contributed by atoms with E-state index < -0.39 is 5.38 Å². The van der Waals surface area contributed by atoms with Gasteiger partial charge in [-0.25, -0.2) is 0 Å². The molecular formula is C12H24ClNO. The number of hydrogen-bond acceptors (Lipinski definition) is 1. The quantitative estimate of drug-likeness (QED) is 0.506. The maximum Gasteiger partial charge on any atom is 0.237 e. The van der Waals surface area contributed by atoms with Gasteiger partial charge in [-0.3, -0.25) is 4.79 Å². The molecule has 1 unspecified atom stereocenters. The van der Waals surface area contributed by atoms with Crippen LogP contribution >= 0.6 is 11.6 Å². The number of carbonyl (C=O) groups excluding carboxylic acids is 1. The Kier molecular flexibility index (Phi) is 8.88. The zero-order valence-electron chi connectivity index (χ0n) is 10.2. The van der Waals surface area contributed by atoms with E-state index in [0.29, 0.717) is 0 Å². The van der Waals surface area contributed by atoms with E-state index in [1.807, 2.05) is 0 Å². The van der Waals surface area contributed by atoms with Gasteiger partial charge in [-0.1, -0.05) is 39.5 Å². The number of alkyl halides is 1. The SMILES string of the molecule is CC(C)CCCCCCNC(=O)C(C)Cl. The molecule has 0 aromatic carbocycles. The summed E-state index contributed by atoms with van der Waals surface area (Å²) in [4.78, 5) is 11.1. The van der Waals surface area contributed by atoms with Crippen LogP contribution < -0.4 is 5.32 Å². The summed E-state index contributed by atoms with van der Waals surface area (Å²) in [6, 6.07) is 0. The Labute approximate surface area is 98.8 Å². The third kappa shape index (κ3) is 10.1. The van der Waals surface area contributed by atoms with Crippen molar-refractivity contribution < 1.29 is 4.79 Å². The standard InChI is InChI=1S/C12H24ClNO/c1-10(2)8-6-4-5-7-9-14-12(15)11(3)13/h10-11H,4-9H2,1-3H3,(H,14,15). The molecule has 1 atom stereocenters. The number of nitrogens with one attached hydrogen (secondary N) is 1. The zero-order valence-corrected chi connectivity index (χ0v) is 10.9. The van der Waals surface area contributed by atoms with Crippen LogP contribution in [0.5, 0.6) is 0 Å². The minimum Gasteiger partial charge on any atom is -0.355 e. The van der Waals surface area contributed by atoms with Crippen molar-refractivity contribution in [3.63, 3.8) is 0 Å². The predicted octanol–water partition coefficient (Wildman–Crippen LogP) is 3.34. The highest BCUT2D eigenvalue weighted by molar-refractivity contribution is 6.30. The largest absolute Gasteiger partial charge is 0.355 e. The Morgan fingerprint density at radius 1 is 1.13 bits per heavy atom. The van der Waals surface area contributed by atoms with Crippen LogP contribution in [-0.2, 0) is 4.79 Å². The molecule has 0 spiro atoms. The first kappa shape index (κ1) is 14.8. The van der Waals surface area contributed by atoms with Gasteiger partial charge in [0.2, 0.25) is 5.91 Å². The molecule has 0 rings (SSSR count). The molecule has 0 aromatic heterocycles. The summed E-state index contributed by atoms with van der Waals surface area (Å²) in [5, 5.41) is 2.40. The summed E-state index contributed by atoms with van der Waals surface area (Å²) >= 11 is 5.61. The average molecular weight is 234 g/mol. The van der Waals surface area contributed by atoms with Crippen molar-refractivity contribution in [1.82, 2.24) is 5.32 Å². The molecular weight excluding hydrogens is 210 g/mol. The Balaban J connectivity index is 3.15. The van der Waals surface area contributed by atoms with Gasteiger partial charge in [0.1, 0.15) is 5.38 Å². The fourth-order valence-electron chi connectivity index (χ4n) is 1.38. The molecule has 0 aliphatic rings. The Morgan fingerprint density at radius 3 is 2.27 bits per heavy atom. The summed E-state index contributed by atoms with van der Waals surface area (Å²) in [6.07, 6.45) is 6.14. The van der Waals surface area contributed by atoms with Gasteiger partial charge in [-0.2, -0.15) is 0 Å². The van der Waals surface area contributed by atoms with Gasteiger partial charge in [0.15, 0.2) is 0 Å². The normalized spacial score (nSPS) is 12.9. The summed E-state index contributed by atoms with van der Waals surface area (Å²) in [5.41, 5.74) is 0. The van der Waals surface area contributed by atoms with Crippen LogP contribution in [0.1, 0.15) is 52.9 Å². The highest BCUT2D eigenvalue weighted by Crippen LogP contribution is 2.08. The van der Waals surface area contributed by atoms with E-state index in [4.69, 9.17) is 11.6 Å². The topological polar surface area (TPSA) is 29.1 Å². The second-order valence-electron chi connectivity index (χ2n) is 4.50. The lowest BCUT2D eigenvalue weighted by atomic mass is 10.0. The fraction of sp³-hybridized carbons (Fsp3) is 0.917. The summed E-state index contributed by atoms with van der Waals surface area (Å²) in [7, 11) is 0. The van der Waals surface area contributed by atoms with Gasteiger partial charge in [0.05, 0.1) is 0 Å². The highest BCUT2D eigenvalue weighted by atomic mass is 35.5. The number of halogens is 1. The number of unbranched alkanes of at least 4 members (excludes halogenated alkanes) is 3. The van der Waals surface area contributed by atoms with Crippen molar-refractivity contribution in [2.45, 2.75) is 58.3 Å². The minimum absolute atomic E-state index is 0.0566. The summed E-state index contributed by atoms with van der Waals surface area (Å²) in [5.74, 6) is 0.751. The van der Waals surface area contributed by atoms with Crippen molar-refractivity contribution in [2.75, 3.05) is 6.54 Å². The van der Waals surface area contributed by atoms with Gasteiger partial charge in [0, 0.05) is 6.54 Å². The molecule has 90 valence electrons. The van der Waals surface area contributed by atoms with E-state index in [1.54, 1.807) is 6.92 Å². The van der Waals surface area contributed by atoms with E-state index in [0.717, 1.165) is 18.9 Å². The molecule has 0 bridgehead atoms.